The second-order valence-corrected chi connectivity index (χ2v) is 4.60. The molecule has 1 heterocycles. The van der Waals surface area contributed by atoms with Crippen molar-refractivity contribution in [2.24, 2.45) is 0 Å². The Bertz CT molecular complexity index is 195. The van der Waals surface area contributed by atoms with Crippen molar-refractivity contribution in [2.75, 3.05) is 85.9 Å². The van der Waals surface area contributed by atoms with Crippen molar-refractivity contribution in [1.29, 1.82) is 0 Å². The Morgan fingerprint density at radius 1 is 0.917 bits per heavy atom. The van der Waals surface area contributed by atoms with Gasteiger partial charge < -0.3 is 25.4 Å². The number of aliphatic hydroxyl groups excluding tert-OH is 3. The van der Waals surface area contributed by atoms with Crippen LogP contribution in [0.3, 0.4) is 0 Å². The van der Waals surface area contributed by atoms with E-state index in [4.69, 9.17) is 20.1 Å². The van der Waals surface area contributed by atoms with E-state index in [0.717, 1.165) is 45.8 Å². The van der Waals surface area contributed by atoms with Gasteiger partial charge in [0.25, 0.3) is 0 Å². The maximum Gasteiger partial charge on any atom is 0.0587 e. The Morgan fingerprint density at radius 2 is 1.33 bits per heavy atom. The third kappa shape index (κ3) is 24.4. The van der Waals surface area contributed by atoms with Gasteiger partial charge in [0.05, 0.1) is 26.4 Å². The van der Waals surface area contributed by atoms with Gasteiger partial charge in [-0.3, -0.25) is 9.80 Å². The summed E-state index contributed by atoms with van der Waals surface area (Å²) in [5, 5.41) is 28.6. The number of nitrogens with zero attached hydrogens (tertiary/aromatic N) is 2. The van der Waals surface area contributed by atoms with Gasteiger partial charge in [0.15, 0.2) is 0 Å². The number of hydrogen-bond acceptors (Lipinski definition) is 7. The minimum absolute atomic E-state index is 0. The predicted molar refractivity (Wildman–Crippen MR) is 124 cm³/mol. The van der Waals surface area contributed by atoms with Gasteiger partial charge in [-0.15, -0.1) is 24.0 Å². The van der Waals surface area contributed by atoms with Crippen LogP contribution in [0.5, 0.6) is 0 Å². The van der Waals surface area contributed by atoms with Crippen molar-refractivity contribution in [2.45, 2.75) is 0 Å². The van der Waals surface area contributed by atoms with Crippen molar-refractivity contribution in [3.8, 4) is 0 Å². The van der Waals surface area contributed by atoms with Crippen molar-refractivity contribution >= 4 is 61.2 Å². The maximum absolute atomic E-state index is 8.69. The summed E-state index contributed by atoms with van der Waals surface area (Å²) in [7, 11) is 1.65. The third-order valence-electron chi connectivity index (χ3n) is 3.07. The molecule has 1 rings (SSSR count). The summed E-state index contributed by atoms with van der Waals surface area (Å²) in [5.41, 5.74) is 0. The molecule has 0 amide bonds. The Kier molecular flexibility index (Phi) is 42.7. The number of methoxy groups -OCH3 is 1. The zero-order valence-corrected chi connectivity index (χ0v) is 21.7. The maximum atomic E-state index is 8.69. The van der Waals surface area contributed by atoms with E-state index in [1.54, 1.807) is 7.11 Å². The first-order valence-corrected chi connectivity index (χ1v) is 13.7. The molecule has 1 saturated heterocycles. The molecule has 0 bridgehead atoms. The summed E-state index contributed by atoms with van der Waals surface area (Å²) in [6.45, 7) is 8.51. The molecule has 0 spiro atoms. The van der Waals surface area contributed by atoms with Gasteiger partial charge in [-0.05, 0) is 0 Å². The monoisotopic (exact) mass is 740 g/mol. The van der Waals surface area contributed by atoms with Crippen molar-refractivity contribution in [1.82, 2.24) is 15.1 Å². The number of ether oxygens (including phenoxy) is 1. The molecule has 7 nitrogen and oxygen atoms in total. The van der Waals surface area contributed by atoms with Gasteiger partial charge >= 0.3 is 0 Å². The number of aliphatic hydroxyl groups is 3. The molecule has 0 aromatic carbocycles. The molecular formula is C13H34CuI3N3O4. The van der Waals surface area contributed by atoms with E-state index in [0.29, 0.717) is 13.2 Å². The molecule has 0 atom stereocenters. The number of hydrogen-bond donors (Lipinski definition) is 4. The van der Waals surface area contributed by atoms with Gasteiger partial charge in [0.1, 0.15) is 0 Å². The van der Waals surface area contributed by atoms with Crippen LogP contribution in [-0.2, 0) is 21.8 Å². The fourth-order valence-electron chi connectivity index (χ4n) is 1.90. The standard InChI is InChI=1S/C8H18N2O2.C5H13NO2.Cu.I2.HI.H2/c11-7-5-9-1-2-10(4-3-9)6-8-12;1-8-5-3-6-2-4-7;;1-2;;/h11-12H,1-8H2;6-7H,2-5H2,1H3;;;2*1H. The summed E-state index contributed by atoms with van der Waals surface area (Å²) >= 11 is 4.24. The topological polar surface area (TPSA) is 88.4 Å². The van der Waals surface area contributed by atoms with E-state index in [1.165, 1.54) is 0 Å². The molecule has 0 unspecified atom stereocenters. The molecule has 11 heteroatoms. The van der Waals surface area contributed by atoms with Crippen molar-refractivity contribution < 1.29 is 38.6 Å². The van der Waals surface area contributed by atoms with Crippen molar-refractivity contribution in [3.05, 3.63) is 0 Å². The minimum atomic E-state index is 0. The average Bonchev–Trinajstić information content (AvgIpc) is 2.57. The fraction of sp³-hybridized carbons (Fsp3) is 1.00. The van der Waals surface area contributed by atoms with Crippen LogP contribution < -0.4 is 5.32 Å². The van der Waals surface area contributed by atoms with Gasteiger partial charge in [0.2, 0.25) is 0 Å². The van der Waals surface area contributed by atoms with Crippen molar-refractivity contribution in [3.63, 3.8) is 0 Å². The zero-order chi connectivity index (χ0) is 17.1. The second kappa shape index (κ2) is 30.2. The number of rotatable bonds is 9. The van der Waals surface area contributed by atoms with Crippen LogP contribution in [0.25, 0.3) is 0 Å². The number of β-amino-alcohol motifs (C(OH)–C–C–N with tert-alkyl or cyclic N) is 2. The molecule has 0 aromatic heterocycles. The van der Waals surface area contributed by atoms with Crippen LogP contribution in [-0.4, -0.2) is 111 Å². The molecule has 1 aliphatic rings. The van der Waals surface area contributed by atoms with E-state index < -0.39 is 0 Å². The summed E-state index contributed by atoms with van der Waals surface area (Å²) in [4.78, 5) is 4.49. The third-order valence-corrected chi connectivity index (χ3v) is 3.07. The van der Waals surface area contributed by atoms with E-state index in [2.05, 4.69) is 52.3 Å². The fourth-order valence-corrected chi connectivity index (χ4v) is 1.90. The van der Waals surface area contributed by atoms with E-state index in [9.17, 15) is 0 Å². The molecule has 1 aliphatic heterocycles. The van der Waals surface area contributed by atoms with E-state index in [-0.39, 0.29) is 62.3 Å². The molecule has 24 heavy (non-hydrogen) atoms. The Balaban J connectivity index is -0.0000000919. The Morgan fingerprint density at radius 3 is 1.62 bits per heavy atom. The van der Waals surface area contributed by atoms with Crippen LogP contribution in [0.4, 0.5) is 0 Å². The molecular weight excluding hydrogens is 706 g/mol. The second-order valence-electron chi connectivity index (χ2n) is 4.60. The Labute approximate surface area is 198 Å². The molecule has 0 aliphatic carbocycles. The predicted octanol–water partition coefficient (Wildman–Crippen LogP) is 0.436. The first-order valence-electron chi connectivity index (χ1n) is 7.39. The van der Waals surface area contributed by atoms with Gasteiger partial charge in [-0.1, -0.05) is 0 Å². The average molecular weight is 741 g/mol. The molecule has 157 valence electrons. The van der Waals surface area contributed by atoms with Gasteiger partial charge in [-0.2, -0.15) is 0 Å². The first kappa shape index (κ1) is 34.0. The quantitative estimate of drug-likeness (QED) is 0.155. The van der Waals surface area contributed by atoms with Crippen LogP contribution in [0, 0.1) is 0 Å². The summed E-state index contributed by atoms with van der Waals surface area (Å²) in [5.74, 6) is 0. The molecule has 0 saturated carbocycles. The summed E-state index contributed by atoms with van der Waals surface area (Å²) in [6, 6.07) is 0. The van der Waals surface area contributed by atoms with Crippen LogP contribution >= 0.6 is 61.2 Å². The minimum Gasteiger partial charge on any atom is -0.395 e. The summed E-state index contributed by atoms with van der Waals surface area (Å²) < 4.78 is 4.74. The molecule has 1 fully saturated rings. The normalized spacial score (nSPS) is 14.2. The van der Waals surface area contributed by atoms with Crippen LogP contribution in [0.15, 0.2) is 0 Å². The first-order chi connectivity index (χ1) is 10.8. The molecule has 0 aromatic rings. The van der Waals surface area contributed by atoms with E-state index in [1.807, 2.05) is 0 Å². The van der Waals surface area contributed by atoms with Gasteiger partial charge in [0, 0.05) is 115 Å². The zero-order valence-electron chi connectivity index (χ0n) is 14.1. The molecule has 1 radical (unpaired) electrons. The van der Waals surface area contributed by atoms with Crippen LogP contribution in [0.1, 0.15) is 1.43 Å². The molecule has 4 N–H and O–H groups in total. The smallest absolute Gasteiger partial charge is 0.0587 e. The number of nitrogens with one attached hydrogen (secondary N) is 1. The van der Waals surface area contributed by atoms with Gasteiger partial charge in [-0.25, -0.2) is 0 Å². The number of piperazine rings is 1. The van der Waals surface area contributed by atoms with Crippen LogP contribution in [0.2, 0.25) is 0 Å². The number of halogens is 3. The van der Waals surface area contributed by atoms with E-state index >= 15 is 0 Å². The Hall–Kier alpha value is 2.43. The SMILES string of the molecule is COCCNCCO.I.II.OCCN1CCN(CCO)CC1.[Cu].[HH]. The largest absolute Gasteiger partial charge is 0.395 e. The summed E-state index contributed by atoms with van der Waals surface area (Å²) in [6.07, 6.45) is 0.